The lowest BCUT2D eigenvalue weighted by atomic mass is 10.0. The summed E-state index contributed by atoms with van der Waals surface area (Å²) >= 11 is 0. The molecule has 0 unspecified atom stereocenters. The highest BCUT2D eigenvalue weighted by Gasteiger charge is 2.20. The Morgan fingerprint density at radius 3 is 2.35 bits per heavy atom. The molecule has 1 amide bonds. The van der Waals surface area contributed by atoms with Gasteiger partial charge in [-0.2, -0.15) is 0 Å². The molecule has 0 bridgehead atoms. The van der Waals surface area contributed by atoms with Crippen molar-refractivity contribution in [1.29, 1.82) is 0 Å². The van der Waals surface area contributed by atoms with E-state index in [-0.39, 0.29) is 18.7 Å². The topological polar surface area (TPSA) is 66.4 Å². The molecule has 0 spiro atoms. The average Bonchev–Trinajstić information content (AvgIpc) is 2.54. The molecule has 0 radical (unpaired) electrons. The van der Waals surface area contributed by atoms with E-state index in [1.54, 1.807) is 0 Å². The third-order valence-electron chi connectivity index (χ3n) is 3.80. The maximum absolute atomic E-state index is 12.1. The van der Waals surface area contributed by atoms with Gasteiger partial charge in [-0.3, -0.25) is 4.79 Å². The second-order valence-electron chi connectivity index (χ2n) is 5.57. The largest absolute Gasteiger partial charge is 0.480 e. The minimum atomic E-state index is -1.02. The van der Waals surface area contributed by atoms with Crippen molar-refractivity contribution < 1.29 is 14.7 Å². The molecule has 0 saturated carbocycles. The number of hydrogen-bond acceptors (Lipinski definition) is 2. The lowest BCUT2D eigenvalue weighted by Gasteiger charge is -2.15. The van der Waals surface area contributed by atoms with Gasteiger partial charge >= 0.3 is 5.97 Å². The number of benzene rings is 2. The van der Waals surface area contributed by atoms with Crippen molar-refractivity contribution in [2.75, 3.05) is 0 Å². The van der Waals surface area contributed by atoms with Crippen LogP contribution in [0, 0.1) is 6.92 Å². The minimum Gasteiger partial charge on any atom is -0.480 e. The number of carbonyl (C=O) groups excluding carboxylic acids is 1. The van der Waals surface area contributed by atoms with E-state index in [9.17, 15) is 14.7 Å². The summed E-state index contributed by atoms with van der Waals surface area (Å²) < 4.78 is 0. The summed E-state index contributed by atoms with van der Waals surface area (Å²) in [6, 6.07) is 16.3. The van der Waals surface area contributed by atoms with Crippen molar-refractivity contribution >= 4 is 11.9 Å². The summed E-state index contributed by atoms with van der Waals surface area (Å²) in [5.41, 5.74) is 3.14. The van der Waals surface area contributed by atoms with Crippen molar-refractivity contribution in [3.8, 4) is 0 Å². The van der Waals surface area contributed by atoms with E-state index in [4.69, 9.17) is 0 Å². The third kappa shape index (κ3) is 5.25. The molecular weight excluding hydrogens is 290 g/mol. The Kier molecular flexibility index (Phi) is 5.92. The summed E-state index contributed by atoms with van der Waals surface area (Å²) in [5.74, 6) is -1.25. The Morgan fingerprint density at radius 1 is 1.04 bits per heavy atom. The van der Waals surface area contributed by atoms with E-state index in [0.717, 1.165) is 16.7 Å². The van der Waals surface area contributed by atoms with Gasteiger partial charge in [-0.25, -0.2) is 4.79 Å². The number of aryl methyl sites for hydroxylation is 2. The fourth-order valence-corrected chi connectivity index (χ4v) is 2.46. The lowest BCUT2D eigenvalue weighted by Crippen LogP contribution is -2.42. The molecule has 2 rings (SSSR count). The monoisotopic (exact) mass is 311 g/mol. The summed E-state index contributed by atoms with van der Waals surface area (Å²) in [5, 5.41) is 11.9. The molecule has 2 aromatic carbocycles. The molecule has 23 heavy (non-hydrogen) atoms. The zero-order valence-electron chi connectivity index (χ0n) is 13.2. The Morgan fingerprint density at radius 2 is 1.70 bits per heavy atom. The van der Waals surface area contributed by atoms with E-state index in [2.05, 4.69) is 5.32 Å². The van der Waals surface area contributed by atoms with Crippen LogP contribution in [0.1, 0.15) is 23.1 Å². The fourth-order valence-electron chi connectivity index (χ4n) is 2.46. The summed E-state index contributed by atoms with van der Waals surface area (Å²) in [4.78, 5) is 23.4. The molecule has 0 aliphatic rings. The van der Waals surface area contributed by atoms with Crippen LogP contribution in [-0.4, -0.2) is 23.0 Å². The van der Waals surface area contributed by atoms with Crippen LogP contribution in [0.5, 0.6) is 0 Å². The van der Waals surface area contributed by atoms with Gasteiger partial charge in [0.05, 0.1) is 0 Å². The van der Waals surface area contributed by atoms with Gasteiger partial charge in [-0.05, 0) is 30.0 Å². The first kappa shape index (κ1) is 16.7. The predicted octanol–water partition coefficient (Wildman–Crippen LogP) is 2.74. The summed E-state index contributed by atoms with van der Waals surface area (Å²) in [7, 11) is 0. The lowest BCUT2D eigenvalue weighted by molar-refractivity contribution is -0.141. The van der Waals surface area contributed by atoms with E-state index in [0.29, 0.717) is 6.42 Å². The number of carboxylic acid groups (broad SMARTS) is 1. The molecule has 0 aromatic heterocycles. The van der Waals surface area contributed by atoms with Crippen molar-refractivity contribution in [2.24, 2.45) is 0 Å². The minimum absolute atomic E-state index is 0.239. The smallest absolute Gasteiger partial charge is 0.326 e. The third-order valence-corrected chi connectivity index (χ3v) is 3.80. The van der Waals surface area contributed by atoms with E-state index >= 15 is 0 Å². The molecule has 4 nitrogen and oxygen atoms in total. The van der Waals surface area contributed by atoms with Crippen molar-refractivity contribution in [2.45, 2.75) is 32.2 Å². The molecular formula is C19H21NO3. The van der Waals surface area contributed by atoms with Crippen LogP contribution in [0.4, 0.5) is 0 Å². The Labute approximate surface area is 136 Å². The van der Waals surface area contributed by atoms with Crippen molar-refractivity contribution in [1.82, 2.24) is 5.32 Å². The van der Waals surface area contributed by atoms with Crippen molar-refractivity contribution in [3.05, 3.63) is 71.3 Å². The molecule has 0 aliphatic heterocycles. The predicted molar refractivity (Wildman–Crippen MR) is 89.2 cm³/mol. The first-order chi connectivity index (χ1) is 11.1. The van der Waals surface area contributed by atoms with Crippen LogP contribution >= 0.6 is 0 Å². The number of amides is 1. The van der Waals surface area contributed by atoms with E-state index < -0.39 is 12.0 Å². The number of nitrogens with one attached hydrogen (secondary N) is 1. The molecule has 4 heteroatoms. The van der Waals surface area contributed by atoms with Gasteiger partial charge in [0.15, 0.2) is 0 Å². The standard InChI is InChI=1S/C19H21NO3/c1-14-7-5-6-10-16(14)11-12-18(21)20-17(19(22)23)13-15-8-3-2-4-9-15/h2-10,17H,11-13H2,1H3,(H,20,21)(H,22,23)/t17-/m0/s1. The van der Waals surface area contributed by atoms with Gasteiger partial charge in [0.25, 0.3) is 0 Å². The molecule has 0 fully saturated rings. The summed E-state index contributed by atoms with van der Waals surface area (Å²) in [6.45, 7) is 2.00. The fraction of sp³-hybridized carbons (Fsp3) is 0.263. The zero-order valence-corrected chi connectivity index (χ0v) is 13.2. The van der Waals surface area contributed by atoms with Gasteiger partial charge in [-0.1, -0.05) is 54.6 Å². The van der Waals surface area contributed by atoms with Gasteiger partial charge in [0.2, 0.25) is 5.91 Å². The molecule has 120 valence electrons. The SMILES string of the molecule is Cc1ccccc1CCC(=O)N[C@@H](Cc1ccccc1)C(=O)O. The van der Waals surface area contributed by atoms with Crippen LogP contribution in [0.25, 0.3) is 0 Å². The number of rotatable bonds is 7. The Balaban J connectivity index is 1.91. The molecule has 2 N–H and O–H groups in total. The normalized spacial score (nSPS) is 11.7. The van der Waals surface area contributed by atoms with Gasteiger partial charge in [-0.15, -0.1) is 0 Å². The van der Waals surface area contributed by atoms with Crippen LogP contribution in [0.15, 0.2) is 54.6 Å². The second-order valence-corrected chi connectivity index (χ2v) is 5.57. The molecule has 1 atom stereocenters. The van der Waals surface area contributed by atoms with E-state index in [1.807, 2.05) is 61.5 Å². The highest BCUT2D eigenvalue weighted by atomic mass is 16.4. The number of carbonyl (C=O) groups is 2. The van der Waals surface area contributed by atoms with Gasteiger partial charge in [0.1, 0.15) is 6.04 Å². The first-order valence-corrected chi connectivity index (χ1v) is 7.67. The Bertz CT molecular complexity index is 667. The average molecular weight is 311 g/mol. The first-order valence-electron chi connectivity index (χ1n) is 7.67. The molecule has 0 heterocycles. The maximum Gasteiger partial charge on any atom is 0.326 e. The summed E-state index contributed by atoms with van der Waals surface area (Å²) in [6.07, 6.45) is 1.17. The van der Waals surface area contributed by atoms with Gasteiger partial charge in [0, 0.05) is 12.8 Å². The number of carboxylic acids is 1. The van der Waals surface area contributed by atoms with Crippen LogP contribution in [0.3, 0.4) is 0 Å². The van der Waals surface area contributed by atoms with Crippen LogP contribution in [-0.2, 0) is 22.4 Å². The number of hydrogen-bond donors (Lipinski definition) is 2. The van der Waals surface area contributed by atoms with Crippen molar-refractivity contribution in [3.63, 3.8) is 0 Å². The Hall–Kier alpha value is -2.62. The number of aliphatic carboxylic acids is 1. The zero-order chi connectivity index (χ0) is 16.7. The highest BCUT2D eigenvalue weighted by Crippen LogP contribution is 2.10. The maximum atomic E-state index is 12.1. The molecule has 0 aliphatic carbocycles. The van der Waals surface area contributed by atoms with Crippen LogP contribution in [0.2, 0.25) is 0 Å². The molecule has 2 aromatic rings. The van der Waals surface area contributed by atoms with E-state index in [1.165, 1.54) is 0 Å². The molecule has 0 saturated heterocycles. The highest BCUT2D eigenvalue weighted by molar-refractivity contribution is 5.83. The van der Waals surface area contributed by atoms with Crippen LogP contribution < -0.4 is 5.32 Å². The second kappa shape index (κ2) is 8.13. The van der Waals surface area contributed by atoms with Gasteiger partial charge < -0.3 is 10.4 Å². The quantitative estimate of drug-likeness (QED) is 0.826.